The Morgan fingerprint density at radius 1 is 1.29 bits per heavy atom. The number of nitrogens with zero attached hydrogens (tertiary/aromatic N) is 1. The fourth-order valence-corrected chi connectivity index (χ4v) is 2.64. The summed E-state index contributed by atoms with van der Waals surface area (Å²) in [6, 6.07) is 9.94. The van der Waals surface area contributed by atoms with Crippen LogP contribution in [0.25, 0.3) is 0 Å². The van der Waals surface area contributed by atoms with Crippen LogP contribution in [0.5, 0.6) is 0 Å². The first-order valence-electron chi connectivity index (χ1n) is 7.45. The molecule has 1 saturated heterocycles. The predicted molar refractivity (Wildman–Crippen MR) is 84.4 cm³/mol. The molecule has 1 aromatic rings. The van der Waals surface area contributed by atoms with Crippen LogP contribution in [0.1, 0.15) is 12.8 Å². The third kappa shape index (κ3) is 4.19. The summed E-state index contributed by atoms with van der Waals surface area (Å²) in [7, 11) is 3.73. The topological polar surface area (TPSA) is 53.6 Å². The van der Waals surface area contributed by atoms with Gasteiger partial charge >= 0.3 is 0 Å². The van der Waals surface area contributed by atoms with Crippen molar-refractivity contribution in [2.75, 3.05) is 45.7 Å². The van der Waals surface area contributed by atoms with E-state index in [1.54, 1.807) is 7.11 Å². The molecule has 0 spiro atoms. The van der Waals surface area contributed by atoms with Crippen LogP contribution < -0.4 is 10.6 Å². The minimum Gasteiger partial charge on any atom is -0.383 e. The Morgan fingerprint density at radius 2 is 1.95 bits per heavy atom. The molecule has 5 heteroatoms. The van der Waals surface area contributed by atoms with Crippen molar-refractivity contribution >= 4 is 11.6 Å². The Hall–Kier alpha value is -1.59. The normalized spacial score (nSPS) is 18.2. The average Bonchev–Trinajstić information content (AvgIpc) is 2.51. The lowest BCUT2D eigenvalue weighted by Crippen LogP contribution is -2.58. The van der Waals surface area contributed by atoms with Crippen LogP contribution in [0, 0.1) is 0 Å². The summed E-state index contributed by atoms with van der Waals surface area (Å²) in [5, 5.41) is 6.45. The quantitative estimate of drug-likeness (QED) is 0.776. The van der Waals surface area contributed by atoms with Gasteiger partial charge in [0.25, 0.3) is 0 Å². The molecule has 0 bridgehead atoms. The average molecular weight is 291 g/mol. The van der Waals surface area contributed by atoms with E-state index in [9.17, 15) is 4.79 Å². The largest absolute Gasteiger partial charge is 0.383 e. The lowest BCUT2D eigenvalue weighted by Gasteiger charge is -2.40. The van der Waals surface area contributed by atoms with Gasteiger partial charge in [0.1, 0.15) is 5.54 Å². The van der Waals surface area contributed by atoms with Crippen molar-refractivity contribution in [2.24, 2.45) is 0 Å². The highest BCUT2D eigenvalue weighted by atomic mass is 16.5. The first-order valence-corrected chi connectivity index (χ1v) is 7.45. The molecular formula is C16H25N3O2. The van der Waals surface area contributed by atoms with Gasteiger partial charge in [-0.05, 0) is 32.0 Å². The van der Waals surface area contributed by atoms with E-state index in [1.807, 2.05) is 30.3 Å². The summed E-state index contributed by atoms with van der Waals surface area (Å²) < 4.78 is 5.00. The number of para-hydroxylation sites is 1. The summed E-state index contributed by atoms with van der Waals surface area (Å²) >= 11 is 0. The van der Waals surface area contributed by atoms with Gasteiger partial charge in [0.2, 0.25) is 5.91 Å². The van der Waals surface area contributed by atoms with Crippen molar-refractivity contribution in [1.82, 2.24) is 10.2 Å². The SMILES string of the molecule is COCCNC(=O)C1(Nc2ccccc2)CCN(C)CC1. The van der Waals surface area contributed by atoms with Crippen molar-refractivity contribution in [2.45, 2.75) is 18.4 Å². The highest BCUT2D eigenvalue weighted by molar-refractivity contribution is 5.89. The Morgan fingerprint density at radius 3 is 2.57 bits per heavy atom. The lowest BCUT2D eigenvalue weighted by molar-refractivity contribution is -0.127. The van der Waals surface area contributed by atoms with Crippen LogP contribution in [-0.4, -0.2) is 56.7 Å². The van der Waals surface area contributed by atoms with E-state index >= 15 is 0 Å². The molecule has 1 aliphatic rings. The number of hydrogen-bond acceptors (Lipinski definition) is 4. The number of anilines is 1. The van der Waals surface area contributed by atoms with E-state index in [1.165, 1.54) is 0 Å². The van der Waals surface area contributed by atoms with Crippen molar-refractivity contribution in [3.05, 3.63) is 30.3 Å². The lowest BCUT2D eigenvalue weighted by atomic mass is 9.86. The molecule has 0 aliphatic carbocycles. The summed E-state index contributed by atoms with van der Waals surface area (Å²) in [5.74, 6) is 0.0662. The van der Waals surface area contributed by atoms with Gasteiger partial charge in [-0.2, -0.15) is 0 Å². The van der Waals surface area contributed by atoms with Crippen molar-refractivity contribution in [3.63, 3.8) is 0 Å². The highest BCUT2D eigenvalue weighted by Crippen LogP contribution is 2.27. The van der Waals surface area contributed by atoms with Crippen molar-refractivity contribution < 1.29 is 9.53 Å². The molecule has 21 heavy (non-hydrogen) atoms. The molecule has 0 unspecified atom stereocenters. The van der Waals surface area contributed by atoms with E-state index in [-0.39, 0.29) is 5.91 Å². The van der Waals surface area contributed by atoms with Gasteiger partial charge in [-0.25, -0.2) is 0 Å². The zero-order valence-corrected chi connectivity index (χ0v) is 12.9. The first-order chi connectivity index (χ1) is 10.2. The number of nitrogens with one attached hydrogen (secondary N) is 2. The second-order valence-corrected chi connectivity index (χ2v) is 5.63. The monoisotopic (exact) mass is 291 g/mol. The number of hydrogen-bond donors (Lipinski definition) is 2. The summed E-state index contributed by atoms with van der Waals surface area (Å²) in [6.07, 6.45) is 1.61. The summed E-state index contributed by atoms with van der Waals surface area (Å²) in [4.78, 5) is 14.9. The third-order valence-corrected chi connectivity index (χ3v) is 4.02. The number of ether oxygens (including phenoxy) is 1. The van der Waals surface area contributed by atoms with E-state index in [2.05, 4.69) is 22.6 Å². The molecule has 1 fully saturated rings. The van der Waals surface area contributed by atoms with E-state index in [4.69, 9.17) is 4.74 Å². The molecule has 1 amide bonds. The highest BCUT2D eigenvalue weighted by Gasteiger charge is 2.40. The number of carbonyl (C=O) groups is 1. The van der Waals surface area contributed by atoms with Gasteiger partial charge in [-0.1, -0.05) is 18.2 Å². The molecule has 2 rings (SSSR count). The van der Waals surface area contributed by atoms with Crippen molar-refractivity contribution in [3.8, 4) is 0 Å². The van der Waals surface area contributed by atoms with Gasteiger partial charge < -0.3 is 20.3 Å². The van der Waals surface area contributed by atoms with Gasteiger partial charge in [-0.3, -0.25) is 4.79 Å². The number of rotatable bonds is 6. The summed E-state index contributed by atoms with van der Waals surface area (Å²) in [6.45, 7) is 2.91. The third-order valence-electron chi connectivity index (χ3n) is 4.02. The standard InChI is InChI=1S/C16H25N3O2/c1-19-11-8-16(9-12-19,15(20)17-10-13-21-2)18-14-6-4-3-5-7-14/h3-7,18H,8-13H2,1-2H3,(H,17,20). The molecule has 1 aromatic carbocycles. The molecular weight excluding hydrogens is 266 g/mol. The fourth-order valence-electron chi connectivity index (χ4n) is 2.64. The zero-order chi connectivity index (χ0) is 15.1. The number of carbonyl (C=O) groups excluding carboxylic acids is 1. The smallest absolute Gasteiger partial charge is 0.245 e. The maximum absolute atomic E-state index is 12.7. The van der Waals surface area contributed by atoms with Gasteiger partial charge in [0.05, 0.1) is 6.61 Å². The van der Waals surface area contributed by atoms with Gasteiger partial charge in [-0.15, -0.1) is 0 Å². The van der Waals surface area contributed by atoms with E-state index in [0.29, 0.717) is 13.2 Å². The number of benzene rings is 1. The van der Waals surface area contributed by atoms with Crippen LogP contribution in [-0.2, 0) is 9.53 Å². The molecule has 0 atom stereocenters. The molecule has 0 aromatic heterocycles. The molecule has 1 heterocycles. The first kappa shape index (κ1) is 15.8. The number of amides is 1. The molecule has 2 N–H and O–H groups in total. The van der Waals surface area contributed by atoms with E-state index in [0.717, 1.165) is 31.6 Å². The second kappa shape index (κ2) is 7.43. The Bertz CT molecular complexity index is 442. The second-order valence-electron chi connectivity index (χ2n) is 5.63. The Balaban J connectivity index is 2.08. The predicted octanol–water partition coefficient (Wildman–Crippen LogP) is 1.33. The Labute approximate surface area is 126 Å². The van der Waals surface area contributed by atoms with Crippen LogP contribution >= 0.6 is 0 Å². The number of piperidine rings is 1. The van der Waals surface area contributed by atoms with Crippen LogP contribution in [0.3, 0.4) is 0 Å². The molecule has 5 nitrogen and oxygen atoms in total. The van der Waals surface area contributed by atoms with Gasteiger partial charge in [0.15, 0.2) is 0 Å². The molecule has 0 radical (unpaired) electrons. The summed E-state index contributed by atoms with van der Waals surface area (Å²) in [5.41, 5.74) is 0.464. The molecule has 116 valence electrons. The number of likely N-dealkylation sites (tertiary alicyclic amines) is 1. The van der Waals surface area contributed by atoms with Crippen LogP contribution in [0.15, 0.2) is 30.3 Å². The fraction of sp³-hybridized carbons (Fsp3) is 0.562. The zero-order valence-electron chi connectivity index (χ0n) is 12.9. The van der Waals surface area contributed by atoms with Crippen LogP contribution in [0.2, 0.25) is 0 Å². The Kier molecular flexibility index (Phi) is 5.59. The van der Waals surface area contributed by atoms with Crippen molar-refractivity contribution in [1.29, 1.82) is 0 Å². The molecule has 0 saturated carbocycles. The van der Waals surface area contributed by atoms with Crippen LogP contribution in [0.4, 0.5) is 5.69 Å². The maximum atomic E-state index is 12.7. The molecule has 1 aliphatic heterocycles. The minimum absolute atomic E-state index is 0.0662. The minimum atomic E-state index is -0.526. The van der Waals surface area contributed by atoms with E-state index < -0.39 is 5.54 Å². The maximum Gasteiger partial charge on any atom is 0.245 e. The number of methoxy groups -OCH3 is 1. The van der Waals surface area contributed by atoms with Gasteiger partial charge in [0, 0.05) is 32.4 Å².